The zero-order valence-electron chi connectivity index (χ0n) is 14.6. The molecule has 1 aliphatic heterocycles. The van der Waals surface area contributed by atoms with Gasteiger partial charge in [0, 0.05) is 18.7 Å². The van der Waals surface area contributed by atoms with E-state index in [1.807, 2.05) is 0 Å². The highest BCUT2D eigenvalue weighted by molar-refractivity contribution is 7.91. The fraction of sp³-hybridized carbons (Fsp3) is 0.529. The number of ether oxygens (including phenoxy) is 2. The molecule has 1 heterocycles. The number of likely N-dealkylation sites (N-methyl/N-ethyl adjacent to an activating group) is 1. The van der Waals surface area contributed by atoms with Crippen molar-refractivity contribution in [3.05, 3.63) is 23.8 Å². The summed E-state index contributed by atoms with van der Waals surface area (Å²) in [7, 11) is -1.58. The number of Topliss-reactive ketones (excluding diaryl/α,β-unsaturated/α-hetero) is 1. The van der Waals surface area contributed by atoms with E-state index >= 15 is 0 Å². The Labute approximate surface area is 147 Å². The van der Waals surface area contributed by atoms with Gasteiger partial charge >= 0.3 is 0 Å². The third-order valence-corrected chi connectivity index (χ3v) is 5.98. The summed E-state index contributed by atoms with van der Waals surface area (Å²) in [4.78, 5) is 25.7. The maximum atomic E-state index is 12.5. The molecule has 7 nitrogen and oxygen atoms in total. The molecule has 1 fully saturated rings. The van der Waals surface area contributed by atoms with E-state index in [2.05, 4.69) is 0 Å². The zero-order valence-corrected chi connectivity index (χ0v) is 15.5. The summed E-state index contributed by atoms with van der Waals surface area (Å²) in [5.74, 6) is 0.398. The van der Waals surface area contributed by atoms with Gasteiger partial charge in [0.1, 0.15) is 11.5 Å². The summed E-state index contributed by atoms with van der Waals surface area (Å²) >= 11 is 0. The molecule has 0 N–H and O–H groups in total. The van der Waals surface area contributed by atoms with Crippen molar-refractivity contribution >= 4 is 21.5 Å². The van der Waals surface area contributed by atoms with Crippen LogP contribution in [0.4, 0.5) is 0 Å². The monoisotopic (exact) mass is 369 g/mol. The number of nitrogens with zero attached hydrogens (tertiary/aromatic N) is 1. The van der Waals surface area contributed by atoms with Crippen LogP contribution < -0.4 is 9.47 Å². The van der Waals surface area contributed by atoms with Gasteiger partial charge in [0.15, 0.2) is 22.2 Å². The Morgan fingerprint density at radius 2 is 2.04 bits per heavy atom. The second-order valence-corrected chi connectivity index (χ2v) is 8.17. The number of amides is 1. The molecule has 1 aromatic carbocycles. The second kappa shape index (κ2) is 7.86. The predicted octanol–water partition coefficient (Wildman–Crippen LogP) is 1.31. The van der Waals surface area contributed by atoms with Gasteiger partial charge in [-0.2, -0.15) is 0 Å². The minimum atomic E-state index is -3.07. The molecule has 0 aromatic heterocycles. The normalized spacial score (nSPS) is 18.6. The van der Waals surface area contributed by atoms with Crippen molar-refractivity contribution in [1.82, 2.24) is 4.90 Å². The van der Waals surface area contributed by atoms with E-state index in [0.717, 1.165) is 0 Å². The largest absolute Gasteiger partial charge is 0.497 e. The molecule has 2 rings (SSSR count). The van der Waals surface area contributed by atoms with Crippen molar-refractivity contribution in [3.63, 3.8) is 0 Å². The Morgan fingerprint density at radius 1 is 1.32 bits per heavy atom. The van der Waals surface area contributed by atoms with Crippen LogP contribution in [0.15, 0.2) is 18.2 Å². The lowest BCUT2D eigenvalue weighted by molar-refractivity contribution is -0.135. The number of ketones is 1. The number of rotatable bonds is 7. The van der Waals surface area contributed by atoms with E-state index in [1.165, 1.54) is 18.9 Å². The Bertz CT molecular complexity index is 758. The van der Waals surface area contributed by atoms with Crippen LogP contribution in [0, 0.1) is 0 Å². The highest BCUT2D eigenvalue weighted by atomic mass is 32.2. The van der Waals surface area contributed by atoms with Gasteiger partial charge in [-0.15, -0.1) is 0 Å². The van der Waals surface area contributed by atoms with E-state index in [9.17, 15) is 18.0 Å². The highest BCUT2D eigenvalue weighted by Gasteiger charge is 2.34. The molecule has 1 saturated heterocycles. The number of hydrogen-bond donors (Lipinski definition) is 0. The molecule has 1 amide bonds. The molecular formula is C17H23NO6S. The van der Waals surface area contributed by atoms with Crippen LogP contribution in [0.5, 0.6) is 11.5 Å². The first kappa shape index (κ1) is 19.2. The standard InChI is InChI=1S/C17H23NO6S/c1-4-18(13-7-8-25(21,22)11-13)17(20)10-24-16-9-14(23-3)5-6-15(16)12(2)19/h5-6,9,13H,4,7-8,10-11H2,1-3H3. The molecule has 1 aliphatic rings. The average molecular weight is 369 g/mol. The summed E-state index contributed by atoms with van der Waals surface area (Å²) in [6.45, 7) is 3.35. The number of carbonyl (C=O) groups excluding carboxylic acids is 2. The molecule has 8 heteroatoms. The molecule has 0 bridgehead atoms. The molecule has 138 valence electrons. The lowest BCUT2D eigenvalue weighted by Crippen LogP contribution is -2.43. The van der Waals surface area contributed by atoms with Crippen LogP contribution in [0.1, 0.15) is 30.6 Å². The van der Waals surface area contributed by atoms with Gasteiger partial charge in [0.2, 0.25) is 0 Å². The molecule has 0 aliphatic carbocycles. The van der Waals surface area contributed by atoms with E-state index in [1.54, 1.807) is 25.1 Å². The maximum Gasteiger partial charge on any atom is 0.260 e. The van der Waals surface area contributed by atoms with Crippen LogP contribution in [-0.4, -0.2) is 62.8 Å². The van der Waals surface area contributed by atoms with Crippen LogP contribution >= 0.6 is 0 Å². The van der Waals surface area contributed by atoms with Crippen LogP contribution in [0.2, 0.25) is 0 Å². The Hall–Kier alpha value is -2.09. The first-order valence-corrected chi connectivity index (χ1v) is 9.91. The molecule has 1 atom stereocenters. The average Bonchev–Trinajstić information content (AvgIpc) is 2.92. The molecule has 0 saturated carbocycles. The van der Waals surface area contributed by atoms with Gasteiger partial charge in [-0.25, -0.2) is 8.42 Å². The summed E-state index contributed by atoms with van der Waals surface area (Å²) in [6.07, 6.45) is 0.444. The Morgan fingerprint density at radius 3 is 2.56 bits per heavy atom. The number of methoxy groups -OCH3 is 1. The molecule has 25 heavy (non-hydrogen) atoms. The van der Waals surface area contributed by atoms with E-state index < -0.39 is 9.84 Å². The third-order valence-electron chi connectivity index (χ3n) is 4.23. The first-order valence-electron chi connectivity index (χ1n) is 8.09. The fourth-order valence-electron chi connectivity index (χ4n) is 2.92. The van der Waals surface area contributed by atoms with Gasteiger partial charge in [-0.05, 0) is 32.4 Å². The number of hydrogen-bond acceptors (Lipinski definition) is 6. The topological polar surface area (TPSA) is 90.0 Å². The second-order valence-electron chi connectivity index (χ2n) is 5.94. The third kappa shape index (κ3) is 4.72. The SMILES string of the molecule is CCN(C(=O)COc1cc(OC)ccc1C(C)=O)C1CCS(=O)(=O)C1. The highest BCUT2D eigenvalue weighted by Crippen LogP contribution is 2.25. The van der Waals surface area contributed by atoms with Crippen molar-refractivity contribution in [1.29, 1.82) is 0 Å². The van der Waals surface area contributed by atoms with E-state index in [0.29, 0.717) is 24.3 Å². The minimum absolute atomic E-state index is 0.00949. The smallest absolute Gasteiger partial charge is 0.260 e. The summed E-state index contributed by atoms with van der Waals surface area (Å²) in [6, 6.07) is 4.47. The van der Waals surface area contributed by atoms with E-state index in [-0.39, 0.29) is 41.6 Å². The summed E-state index contributed by atoms with van der Waals surface area (Å²) in [5, 5.41) is 0. The first-order chi connectivity index (χ1) is 11.8. The number of carbonyl (C=O) groups is 2. The van der Waals surface area contributed by atoms with Crippen molar-refractivity contribution in [2.24, 2.45) is 0 Å². The molecule has 0 spiro atoms. The molecule has 1 aromatic rings. The number of sulfone groups is 1. The minimum Gasteiger partial charge on any atom is -0.497 e. The van der Waals surface area contributed by atoms with Crippen molar-refractivity contribution in [2.75, 3.05) is 31.8 Å². The summed E-state index contributed by atoms with van der Waals surface area (Å²) in [5.41, 5.74) is 0.361. The van der Waals surface area contributed by atoms with Crippen molar-refractivity contribution < 1.29 is 27.5 Å². The van der Waals surface area contributed by atoms with Gasteiger partial charge in [0.05, 0.1) is 24.2 Å². The number of benzene rings is 1. The van der Waals surface area contributed by atoms with Gasteiger partial charge < -0.3 is 14.4 Å². The molecular weight excluding hydrogens is 346 g/mol. The quantitative estimate of drug-likeness (QED) is 0.673. The van der Waals surface area contributed by atoms with Gasteiger partial charge in [0.25, 0.3) is 5.91 Å². The Balaban J connectivity index is 2.09. The van der Waals surface area contributed by atoms with Crippen molar-refractivity contribution in [3.8, 4) is 11.5 Å². The predicted molar refractivity (Wildman–Crippen MR) is 92.9 cm³/mol. The van der Waals surface area contributed by atoms with E-state index in [4.69, 9.17) is 9.47 Å². The van der Waals surface area contributed by atoms with Crippen LogP contribution in [0.3, 0.4) is 0 Å². The van der Waals surface area contributed by atoms with Crippen molar-refractivity contribution in [2.45, 2.75) is 26.3 Å². The van der Waals surface area contributed by atoms with Crippen LogP contribution in [0.25, 0.3) is 0 Å². The molecule has 1 unspecified atom stereocenters. The zero-order chi connectivity index (χ0) is 18.6. The lowest BCUT2D eigenvalue weighted by Gasteiger charge is -2.27. The fourth-order valence-corrected chi connectivity index (χ4v) is 4.65. The van der Waals surface area contributed by atoms with Crippen LogP contribution in [-0.2, 0) is 14.6 Å². The molecule has 0 radical (unpaired) electrons. The van der Waals surface area contributed by atoms with Gasteiger partial charge in [-0.3, -0.25) is 9.59 Å². The lowest BCUT2D eigenvalue weighted by atomic mass is 10.1. The summed E-state index contributed by atoms with van der Waals surface area (Å²) < 4.78 is 33.9. The maximum absolute atomic E-state index is 12.5. The Kier molecular flexibility index (Phi) is 6.05. The van der Waals surface area contributed by atoms with Gasteiger partial charge in [-0.1, -0.05) is 0 Å².